The summed E-state index contributed by atoms with van der Waals surface area (Å²) >= 11 is 5.88. The Morgan fingerprint density at radius 3 is 2.82 bits per heavy atom. The lowest BCUT2D eigenvalue weighted by Crippen LogP contribution is -2.31. The van der Waals surface area contributed by atoms with Gasteiger partial charge in [-0.1, -0.05) is 35.9 Å². The summed E-state index contributed by atoms with van der Waals surface area (Å²) in [5, 5.41) is 7.39. The number of halogens is 1. The fourth-order valence-electron chi connectivity index (χ4n) is 2.37. The molecule has 4 nitrogen and oxygen atoms in total. The molecule has 0 radical (unpaired) electrons. The Bertz CT molecular complexity index is 797. The molecule has 112 valence electrons. The largest absolute Gasteiger partial charge is 0.346 e. The van der Waals surface area contributed by atoms with Crippen molar-refractivity contribution < 1.29 is 4.79 Å². The van der Waals surface area contributed by atoms with Crippen LogP contribution in [0.5, 0.6) is 0 Å². The SMILES string of the molecule is O=C(NCCn1ccc2ccccc21)Nc1cccc(Cl)c1. The van der Waals surface area contributed by atoms with Crippen LogP contribution >= 0.6 is 11.6 Å². The minimum atomic E-state index is -0.237. The number of benzene rings is 2. The molecule has 0 aliphatic heterocycles. The van der Waals surface area contributed by atoms with Crippen LogP contribution in [-0.2, 0) is 6.54 Å². The van der Waals surface area contributed by atoms with Gasteiger partial charge in [0.1, 0.15) is 0 Å². The van der Waals surface area contributed by atoms with Gasteiger partial charge < -0.3 is 15.2 Å². The second-order valence-corrected chi connectivity index (χ2v) is 5.40. The maximum absolute atomic E-state index is 11.8. The summed E-state index contributed by atoms with van der Waals surface area (Å²) in [6.07, 6.45) is 2.03. The fourth-order valence-corrected chi connectivity index (χ4v) is 2.56. The molecule has 22 heavy (non-hydrogen) atoms. The number of anilines is 1. The molecular formula is C17H16ClN3O. The van der Waals surface area contributed by atoms with E-state index in [0.29, 0.717) is 17.3 Å². The van der Waals surface area contributed by atoms with Crippen LogP contribution in [0.1, 0.15) is 0 Å². The quantitative estimate of drug-likeness (QED) is 0.748. The van der Waals surface area contributed by atoms with Gasteiger partial charge in [-0.2, -0.15) is 0 Å². The van der Waals surface area contributed by atoms with Crippen LogP contribution < -0.4 is 10.6 Å². The summed E-state index contributed by atoms with van der Waals surface area (Å²) in [6, 6.07) is 17.1. The predicted octanol–water partition coefficient (Wildman–Crippen LogP) is 4.12. The third-order valence-electron chi connectivity index (χ3n) is 3.40. The first kappa shape index (κ1) is 14.5. The van der Waals surface area contributed by atoms with Crippen LogP contribution in [-0.4, -0.2) is 17.1 Å². The van der Waals surface area contributed by atoms with E-state index in [1.54, 1.807) is 24.3 Å². The number of para-hydroxylation sites is 1. The van der Waals surface area contributed by atoms with Crippen molar-refractivity contribution >= 4 is 34.2 Å². The number of carbonyl (C=O) groups is 1. The van der Waals surface area contributed by atoms with Crippen molar-refractivity contribution in [2.45, 2.75) is 6.54 Å². The molecule has 2 aromatic carbocycles. The molecule has 3 aromatic rings. The maximum Gasteiger partial charge on any atom is 0.319 e. The van der Waals surface area contributed by atoms with Crippen molar-refractivity contribution in [2.75, 3.05) is 11.9 Å². The lowest BCUT2D eigenvalue weighted by atomic mass is 10.2. The van der Waals surface area contributed by atoms with E-state index in [1.807, 2.05) is 18.3 Å². The second kappa shape index (κ2) is 6.54. The summed E-state index contributed by atoms with van der Waals surface area (Å²) in [5.41, 5.74) is 1.84. The molecule has 0 fully saturated rings. The van der Waals surface area contributed by atoms with E-state index in [1.165, 1.54) is 10.9 Å². The van der Waals surface area contributed by atoms with E-state index >= 15 is 0 Å². The number of nitrogens with one attached hydrogen (secondary N) is 2. The number of hydrogen-bond donors (Lipinski definition) is 2. The van der Waals surface area contributed by atoms with Crippen molar-refractivity contribution in [3.63, 3.8) is 0 Å². The number of carbonyl (C=O) groups excluding carboxylic acids is 1. The van der Waals surface area contributed by atoms with Gasteiger partial charge >= 0.3 is 6.03 Å². The monoisotopic (exact) mass is 313 g/mol. The maximum atomic E-state index is 11.8. The van der Waals surface area contributed by atoms with E-state index in [9.17, 15) is 4.79 Å². The fraction of sp³-hybridized carbons (Fsp3) is 0.118. The van der Waals surface area contributed by atoms with Gasteiger partial charge in [0.2, 0.25) is 0 Å². The summed E-state index contributed by atoms with van der Waals surface area (Å²) in [4.78, 5) is 11.8. The van der Waals surface area contributed by atoms with Crippen molar-refractivity contribution in [3.8, 4) is 0 Å². The molecule has 1 aromatic heterocycles. The van der Waals surface area contributed by atoms with Gasteiger partial charge in [-0.15, -0.1) is 0 Å². The normalized spacial score (nSPS) is 10.6. The van der Waals surface area contributed by atoms with Gasteiger partial charge in [0.15, 0.2) is 0 Å². The standard InChI is InChI=1S/C17H16ClN3O/c18-14-5-3-6-15(12-14)20-17(22)19-9-11-21-10-8-13-4-1-2-7-16(13)21/h1-8,10,12H,9,11H2,(H2,19,20,22). The highest BCUT2D eigenvalue weighted by atomic mass is 35.5. The van der Waals surface area contributed by atoms with Crippen molar-refractivity contribution in [1.82, 2.24) is 9.88 Å². The van der Waals surface area contributed by atoms with E-state index in [2.05, 4.69) is 33.4 Å². The highest BCUT2D eigenvalue weighted by molar-refractivity contribution is 6.30. The Labute approximate surface area is 133 Å². The molecule has 0 bridgehead atoms. The number of amides is 2. The molecule has 0 saturated carbocycles. The summed E-state index contributed by atoms with van der Waals surface area (Å²) in [5.74, 6) is 0. The highest BCUT2D eigenvalue weighted by Crippen LogP contribution is 2.15. The smallest absolute Gasteiger partial charge is 0.319 e. The van der Waals surface area contributed by atoms with Crippen LogP contribution in [0, 0.1) is 0 Å². The van der Waals surface area contributed by atoms with Gasteiger partial charge in [-0.3, -0.25) is 0 Å². The molecule has 5 heteroatoms. The number of nitrogens with zero attached hydrogens (tertiary/aromatic N) is 1. The van der Waals surface area contributed by atoms with Gasteiger partial charge in [0, 0.05) is 35.5 Å². The molecule has 3 rings (SSSR count). The van der Waals surface area contributed by atoms with Crippen LogP contribution in [0.15, 0.2) is 60.8 Å². The molecule has 0 saturated heterocycles. The molecule has 2 amide bonds. The summed E-state index contributed by atoms with van der Waals surface area (Å²) in [7, 11) is 0. The minimum Gasteiger partial charge on any atom is -0.346 e. The summed E-state index contributed by atoms with van der Waals surface area (Å²) in [6.45, 7) is 1.27. The average molecular weight is 314 g/mol. The summed E-state index contributed by atoms with van der Waals surface area (Å²) < 4.78 is 2.12. The van der Waals surface area contributed by atoms with Gasteiger partial charge in [0.05, 0.1) is 0 Å². The Kier molecular flexibility index (Phi) is 4.30. The van der Waals surface area contributed by atoms with Crippen LogP contribution in [0.3, 0.4) is 0 Å². The molecule has 2 N–H and O–H groups in total. The van der Waals surface area contributed by atoms with Gasteiger partial charge in [-0.05, 0) is 35.7 Å². The Morgan fingerprint density at radius 2 is 1.95 bits per heavy atom. The molecular weight excluding hydrogens is 298 g/mol. The average Bonchev–Trinajstić information content (AvgIpc) is 2.91. The zero-order valence-corrected chi connectivity index (χ0v) is 12.7. The molecule has 0 aliphatic carbocycles. The number of urea groups is 1. The minimum absolute atomic E-state index is 0.237. The predicted molar refractivity (Wildman–Crippen MR) is 90.4 cm³/mol. The van der Waals surface area contributed by atoms with E-state index in [0.717, 1.165) is 6.54 Å². The van der Waals surface area contributed by atoms with E-state index in [4.69, 9.17) is 11.6 Å². The molecule has 0 atom stereocenters. The molecule has 1 heterocycles. The van der Waals surface area contributed by atoms with Crippen molar-refractivity contribution in [1.29, 1.82) is 0 Å². The Morgan fingerprint density at radius 1 is 1.09 bits per heavy atom. The van der Waals surface area contributed by atoms with E-state index < -0.39 is 0 Å². The second-order valence-electron chi connectivity index (χ2n) is 4.96. The molecule has 0 unspecified atom stereocenters. The van der Waals surface area contributed by atoms with Crippen molar-refractivity contribution in [3.05, 3.63) is 65.8 Å². The number of aromatic nitrogens is 1. The number of rotatable bonds is 4. The van der Waals surface area contributed by atoms with Crippen LogP contribution in [0.25, 0.3) is 10.9 Å². The lowest BCUT2D eigenvalue weighted by Gasteiger charge is -2.09. The molecule has 0 spiro atoms. The lowest BCUT2D eigenvalue weighted by molar-refractivity contribution is 0.251. The van der Waals surface area contributed by atoms with Crippen LogP contribution in [0.2, 0.25) is 5.02 Å². The van der Waals surface area contributed by atoms with Gasteiger partial charge in [0.25, 0.3) is 0 Å². The van der Waals surface area contributed by atoms with Crippen LogP contribution in [0.4, 0.5) is 10.5 Å². The zero-order valence-electron chi connectivity index (χ0n) is 11.9. The molecule has 0 aliphatic rings. The Balaban J connectivity index is 1.53. The third-order valence-corrected chi connectivity index (χ3v) is 3.64. The third kappa shape index (κ3) is 3.40. The first-order chi connectivity index (χ1) is 10.7. The number of fused-ring (bicyclic) bond motifs is 1. The number of hydrogen-bond acceptors (Lipinski definition) is 1. The first-order valence-electron chi connectivity index (χ1n) is 7.07. The van der Waals surface area contributed by atoms with Gasteiger partial charge in [-0.25, -0.2) is 4.79 Å². The zero-order chi connectivity index (χ0) is 15.4. The first-order valence-corrected chi connectivity index (χ1v) is 7.44. The topological polar surface area (TPSA) is 46.1 Å². The Hall–Kier alpha value is -2.46. The highest BCUT2D eigenvalue weighted by Gasteiger charge is 2.03. The van der Waals surface area contributed by atoms with Crippen molar-refractivity contribution in [2.24, 2.45) is 0 Å². The van der Waals surface area contributed by atoms with E-state index in [-0.39, 0.29) is 6.03 Å².